The van der Waals surface area contributed by atoms with Gasteiger partial charge in [0.1, 0.15) is 5.82 Å². The highest BCUT2D eigenvalue weighted by Crippen LogP contribution is 2.20. The van der Waals surface area contributed by atoms with Crippen LogP contribution < -0.4 is 10.6 Å². The molecule has 1 aliphatic rings. The van der Waals surface area contributed by atoms with Crippen molar-refractivity contribution in [1.29, 1.82) is 0 Å². The monoisotopic (exact) mass is 336 g/mol. The summed E-state index contributed by atoms with van der Waals surface area (Å²) >= 11 is 0. The van der Waals surface area contributed by atoms with Crippen LogP contribution in [0.5, 0.6) is 0 Å². The van der Waals surface area contributed by atoms with Gasteiger partial charge in [-0.3, -0.25) is 14.5 Å². The highest BCUT2D eigenvalue weighted by atomic mass is 16.2. The molecular weight excluding hydrogens is 308 g/mol. The van der Waals surface area contributed by atoms with Crippen LogP contribution in [-0.4, -0.2) is 77.5 Å². The Morgan fingerprint density at radius 1 is 1.50 bits per heavy atom. The van der Waals surface area contributed by atoms with Crippen LogP contribution in [0, 0.1) is 0 Å². The Morgan fingerprint density at radius 2 is 2.29 bits per heavy atom. The number of carbonyl (C=O) groups is 2. The van der Waals surface area contributed by atoms with Gasteiger partial charge in [-0.05, 0) is 6.42 Å². The first-order chi connectivity index (χ1) is 11.5. The maximum absolute atomic E-state index is 12.5. The van der Waals surface area contributed by atoms with Crippen molar-refractivity contribution < 1.29 is 9.59 Å². The summed E-state index contributed by atoms with van der Waals surface area (Å²) in [4.78, 5) is 32.3. The summed E-state index contributed by atoms with van der Waals surface area (Å²) in [5.74, 6) is 0.773. The van der Waals surface area contributed by atoms with Crippen LogP contribution in [-0.2, 0) is 16.6 Å². The third-order valence-corrected chi connectivity index (χ3v) is 4.23. The van der Waals surface area contributed by atoms with Gasteiger partial charge in [-0.15, -0.1) is 0 Å². The summed E-state index contributed by atoms with van der Waals surface area (Å²) in [7, 11) is 3.63. The van der Waals surface area contributed by atoms with E-state index < -0.39 is 0 Å². The fourth-order valence-corrected chi connectivity index (χ4v) is 2.81. The molecule has 2 rings (SSSR count). The zero-order valence-electron chi connectivity index (χ0n) is 14.8. The van der Waals surface area contributed by atoms with Crippen LogP contribution in [0.15, 0.2) is 12.4 Å². The Bertz CT molecular complexity index is 559. The number of amides is 2. The number of piperazine rings is 1. The van der Waals surface area contributed by atoms with Crippen molar-refractivity contribution in [3.8, 4) is 0 Å². The van der Waals surface area contributed by atoms with Crippen molar-refractivity contribution in [2.45, 2.75) is 19.4 Å². The molecule has 0 radical (unpaired) electrons. The number of carbonyl (C=O) groups excluding carboxylic acids is 2. The Morgan fingerprint density at radius 3 is 2.96 bits per heavy atom. The van der Waals surface area contributed by atoms with E-state index in [0.29, 0.717) is 6.54 Å². The molecule has 0 aliphatic carbocycles. The van der Waals surface area contributed by atoms with Crippen LogP contribution in [0.25, 0.3) is 0 Å². The number of nitrogens with zero attached hydrogens (tertiary/aromatic N) is 4. The summed E-state index contributed by atoms with van der Waals surface area (Å²) in [6.45, 7) is 5.40. The van der Waals surface area contributed by atoms with E-state index in [1.807, 2.05) is 24.7 Å². The lowest BCUT2D eigenvalue weighted by atomic mass is 10.1. The molecule has 1 saturated heterocycles. The number of hydrogen-bond acceptors (Lipinski definition) is 5. The number of likely N-dealkylation sites (N-methyl/N-ethyl adjacent to an activating group) is 1. The quantitative estimate of drug-likeness (QED) is 0.692. The first-order valence-corrected chi connectivity index (χ1v) is 8.45. The standard InChI is InChI=1S/C16H28N6O2/c1-4-5-18-14(23)11-21(3)15(24)12-22-9-6-17-10-13(22)16-19-7-8-20(16)2/h7-8,13,17H,4-6,9-12H2,1-3H3,(H,18,23). The summed E-state index contributed by atoms with van der Waals surface area (Å²) < 4.78 is 1.98. The molecule has 1 aliphatic heterocycles. The normalized spacial score (nSPS) is 18.4. The lowest BCUT2D eigenvalue weighted by Gasteiger charge is -2.35. The number of hydrogen-bond donors (Lipinski definition) is 2. The highest BCUT2D eigenvalue weighted by Gasteiger charge is 2.29. The molecule has 8 nitrogen and oxygen atoms in total. The predicted octanol–water partition coefficient (Wildman–Crippen LogP) is -0.649. The molecule has 0 spiro atoms. The van der Waals surface area contributed by atoms with E-state index in [1.54, 1.807) is 13.2 Å². The van der Waals surface area contributed by atoms with Crippen molar-refractivity contribution in [3.05, 3.63) is 18.2 Å². The number of aryl methyl sites for hydroxylation is 1. The third-order valence-electron chi connectivity index (χ3n) is 4.23. The van der Waals surface area contributed by atoms with Crippen molar-refractivity contribution in [1.82, 2.24) is 30.0 Å². The van der Waals surface area contributed by atoms with Gasteiger partial charge < -0.3 is 20.1 Å². The smallest absolute Gasteiger partial charge is 0.239 e. The van der Waals surface area contributed by atoms with Crippen LogP contribution >= 0.6 is 0 Å². The van der Waals surface area contributed by atoms with E-state index in [4.69, 9.17) is 0 Å². The van der Waals surface area contributed by atoms with Crippen LogP contribution in [0.1, 0.15) is 25.2 Å². The SMILES string of the molecule is CCCNC(=O)CN(C)C(=O)CN1CCNCC1c1nccn1C. The fraction of sp³-hybridized carbons (Fsp3) is 0.688. The van der Waals surface area contributed by atoms with Gasteiger partial charge in [-0.2, -0.15) is 0 Å². The Hall–Kier alpha value is -1.93. The number of aromatic nitrogens is 2. The van der Waals surface area contributed by atoms with Crippen LogP contribution in [0.4, 0.5) is 0 Å². The van der Waals surface area contributed by atoms with Crippen molar-refractivity contribution >= 4 is 11.8 Å². The van der Waals surface area contributed by atoms with Gasteiger partial charge in [0.2, 0.25) is 11.8 Å². The second-order valence-electron chi connectivity index (χ2n) is 6.19. The van der Waals surface area contributed by atoms with E-state index in [2.05, 4.69) is 20.5 Å². The van der Waals surface area contributed by atoms with Crippen LogP contribution in [0.2, 0.25) is 0 Å². The minimum Gasteiger partial charge on any atom is -0.355 e. The molecule has 2 N–H and O–H groups in total. The lowest BCUT2D eigenvalue weighted by molar-refractivity contribution is -0.136. The molecule has 1 fully saturated rings. The van der Waals surface area contributed by atoms with Gasteiger partial charge >= 0.3 is 0 Å². The molecule has 2 heterocycles. The minimum atomic E-state index is -0.117. The Kier molecular flexibility index (Phi) is 6.74. The fourth-order valence-electron chi connectivity index (χ4n) is 2.81. The first-order valence-electron chi connectivity index (χ1n) is 8.45. The first kappa shape index (κ1) is 18.4. The maximum Gasteiger partial charge on any atom is 0.239 e. The van der Waals surface area contributed by atoms with Gasteiger partial charge in [-0.25, -0.2) is 4.98 Å². The summed E-state index contributed by atoms with van der Waals surface area (Å²) in [5, 5.41) is 6.14. The van der Waals surface area contributed by atoms with E-state index in [1.165, 1.54) is 4.90 Å². The molecule has 8 heteroatoms. The Labute approximate surface area is 143 Å². The van der Waals surface area contributed by atoms with E-state index in [9.17, 15) is 9.59 Å². The van der Waals surface area contributed by atoms with Gasteiger partial charge in [-0.1, -0.05) is 6.92 Å². The van der Waals surface area contributed by atoms with Gasteiger partial charge in [0.15, 0.2) is 0 Å². The summed E-state index contributed by atoms with van der Waals surface area (Å²) in [6, 6.07) is 0.0602. The second-order valence-corrected chi connectivity index (χ2v) is 6.19. The summed E-state index contributed by atoms with van der Waals surface area (Å²) in [6.07, 6.45) is 4.57. The molecular formula is C16H28N6O2. The molecule has 24 heavy (non-hydrogen) atoms. The molecule has 2 amide bonds. The summed E-state index contributed by atoms with van der Waals surface area (Å²) in [5.41, 5.74) is 0. The van der Waals surface area contributed by atoms with E-state index >= 15 is 0 Å². The van der Waals surface area contributed by atoms with Gasteiger partial charge in [0, 0.05) is 52.7 Å². The van der Waals surface area contributed by atoms with Gasteiger partial charge in [0.25, 0.3) is 0 Å². The molecule has 1 unspecified atom stereocenters. The number of rotatable bonds is 7. The number of imidazole rings is 1. The molecule has 1 atom stereocenters. The van der Waals surface area contributed by atoms with Crippen molar-refractivity contribution in [2.24, 2.45) is 7.05 Å². The lowest BCUT2D eigenvalue weighted by Crippen LogP contribution is -2.51. The highest BCUT2D eigenvalue weighted by molar-refractivity contribution is 5.85. The molecule has 1 aromatic heterocycles. The maximum atomic E-state index is 12.5. The van der Waals surface area contributed by atoms with Crippen molar-refractivity contribution in [3.63, 3.8) is 0 Å². The largest absolute Gasteiger partial charge is 0.355 e. The molecule has 0 bridgehead atoms. The molecule has 0 aromatic carbocycles. The van der Waals surface area contributed by atoms with Gasteiger partial charge in [0.05, 0.1) is 19.1 Å². The zero-order valence-corrected chi connectivity index (χ0v) is 14.8. The van der Waals surface area contributed by atoms with E-state index in [0.717, 1.165) is 31.9 Å². The van der Waals surface area contributed by atoms with Crippen LogP contribution in [0.3, 0.4) is 0 Å². The zero-order chi connectivity index (χ0) is 17.5. The van der Waals surface area contributed by atoms with E-state index in [-0.39, 0.29) is 30.9 Å². The topological polar surface area (TPSA) is 82.5 Å². The predicted molar refractivity (Wildman–Crippen MR) is 91.3 cm³/mol. The average molecular weight is 336 g/mol. The third kappa shape index (κ3) is 4.78. The average Bonchev–Trinajstić information content (AvgIpc) is 2.99. The second kappa shape index (κ2) is 8.79. The number of nitrogens with one attached hydrogen (secondary N) is 2. The molecule has 134 valence electrons. The minimum absolute atomic E-state index is 0.0530. The molecule has 0 saturated carbocycles. The van der Waals surface area contributed by atoms with Crippen molar-refractivity contribution in [2.75, 3.05) is 46.3 Å². The molecule has 1 aromatic rings. The Balaban J connectivity index is 1.93.